The van der Waals surface area contributed by atoms with Crippen LogP contribution >= 0.6 is 0 Å². The number of fused-ring (bicyclic) bond motifs is 2. The highest BCUT2D eigenvalue weighted by molar-refractivity contribution is 5.89. The Hall–Kier alpha value is -3.32. The molecule has 0 fully saturated rings. The number of hydrogen-bond acceptors (Lipinski definition) is 0. The summed E-state index contributed by atoms with van der Waals surface area (Å²) in [5.74, 6) is 0. The second kappa shape index (κ2) is 5.64. The van der Waals surface area contributed by atoms with Crippen LogP contribution in [-0.4, -0.2) is 4.98 Å². The first kappa shape index (κ1) is 14.1. The topological polar surface area (TPSA) is 15.8 Å². The summed E-state index contributed by atoms with van der Waals surface area (Å²) in [6.45, 7) is 0. The second-order valence-electron chi connectivity index (χ2n) is 6.41. The van der Waals surface area contributed by atoms with Crippen molar-refractivity contribution >= 4 is 21.5 Å². The quantitative estimate of drug-likeness (QED) is 0.374. The summed E-state index contributed by atoms with van der Waals surface area (Å²) >= 11 is 0. The van der Waals surface area contributed by atoms with E-state index in [4.69, 9.17) is 0 Å². The molecular formula is C24H17N. The van der Waals surface area contributed by atoms with Crippen LogP contribution in [0.3, 0.4) is 0 Å². The van der Waals surface area contributed by atoms with Crippen molar-refractivity contribution in [2.24, 2.45) is 0 Å². The molecule has 5 rings (SSSR count). The number of benzene rings is 4. The van der Waals surface area contributed by atoms with Crippen LogP contribution in [0.25, 0.3) is 44.1 Å². The Morgan fingerprint density at radius 3 is 1.32 bits per heavy atom. The molecule has 0 saturated heterocycles. The van der Waals surface area contributed by atoms with Gasteiger partial charge < -0.3 is 4.98 Å². The Morgan fingerprint density at radius 2 is 0.840 bits per heavy atom. The molecule has 0 bridgehead atoms. The number of hydrogen-bond donors (Lipinski definition) is 1. The average Bonchev–Trinajstić information content (AvgIpc) is 3.17. The molecule has 1 N–H and O–H groups in total. The van der Waals surface area contributed by atoms with Gasteiger partial charge in [-0.25, -0.2) is 0 Å². The third kappa shape index (κ3) is 2.50. The van der Waals surface area contributed by atoms with E-state index >= 15 is 0 Å². The van der Waals surface area contributed by atoms with Crippen LogP contribution in [0, 0.1) is 0 Å². The second-order valence-corrected chi connectivity index (χ2v) is 6.41. The predicted octanol–water partition coefficient (Wildman–Crippen LogP) is 6.66. The zero-order chi connectivity index (χ0) is 16.6. The van der Waals surface area contributed by atoms with Gasteiger partial charge in [0.25, 0.3) is 0 Å². The molecule has 1 heterocycles. The number of aromatic nitrogens is 1. The van der Waals surface area contributed by atoms with Crippen molar-refractivity contribution in [3.63, 3.8) is 0 Å². The van der Waals surface area contributed by atoms with Crippen molar-refractivity contribution in [2.75, 3.05) is 0 Å². The molecule has 4 aromatic carbocycles. The van der Waals surface area contributed by atoms with Gasteiger partial charge in [0, 0.05) is 11.4 Å². The van der Waals surface area contributed by atoms with E-state index in [1.165, 1.54) is 32.7 Å². The molecule has 1 aromatic heterocycles. The molecule has 0 saturated carbocycles. The highest BCUT2D eigenvalue weighted by atomic mass is 14.7. The van der Waals surface area contributed by atoms with Crippen molar-refractivity contribution in [2.45, 2.75) is 0 Å². The summed E-state index contributed by atoms with van der Waals surface area (Å²) in [7, 11) is 0. The molecule has 5 aromatic rings. The van der Waals surface area contributed by atoms with Gasteiger partial charge in [0.15, 0.2) is 0 Å². The van der Waals surface area contributed by atoms with Crippen LogP contribution in [0.15, 0.2) is 97.1 Å². The molecule has 0 spiro atoms. The van der Waals surface area contributed by atoms with Gasteiger partial charge >= 0.3 is 0 Å². The van der Waals surface area contributed by atoms with E-state index in [-0.39, 0.29) is 0 Å². The Labute approximate surface area is 146 Å². The first-order valence-corrected chi connectivity index (χ1v) is 8.54. The van der Waals surface area contributed by atoms with Crippen molar-refractivity contribution in [1.29, 1.82) is 0 Å². The fraction of sp³-hybridized carbons (Fsp3) is 0. The van der Waals surface area contributed by atoms with E-state index < -0.39 is 0 Å². The molecule has 118 valence electrons. The Bertz CT molecular complexity index is 1100. The van der Waals surface area contributed by atoms with Crippen molar-refractivity contribution in [3.8, 4) is 22.5 Å². The summed E-state index contributed by atoms with van der Waals surface area (Å²) in [4.78, 5) is 3.58. The van der Waals surface area contributed by atoms with Crippen LogP contribution in [0.1, 0.15) is 0 Å². The maximum Gasteiger partial charge on any atom is 0.0458 e. The minimum absolute atomic E-state index is 1.15. The summed E-state index contributed by atoms with van der Waals surface area (Å²) in [5, 5.41) is 5.07. The molecule has 0 aliphatic rings. The Morgan fingerprint density at radius 1 is 0.400 bits per heavy atom. The Kier molecular flexibility index (Phi) is 3.17. The molecule has 0 aliphatic heterocycles. The first-order valence-electron chi connectivity index (χ1n) is 8.54. The van der Waals surface area contributed by atoms with E-state index in [2.05, 4.69) is 102 Å². The normalized spacial score (nSPS) is 11.2. The third-order valence-corrected chi connectivity index (χ3v) is 4.81. The van der Waals surface area contributed by atoms with E-state index in [9.17, 15) is 0 Å². The van der Waals surface area contributed by atoms with E-state index in [1.54, 1.807) is 0 Å². The van der Waals surface area contributed by atoms with Crippen molar-refractivity contribution < 1.29 is 0 Å². The molecule has 0 radical (unpaired) electrons. The van der Waals surface area contributed by atoms with Gasteiger partial charge in [-0.1, -0.05) is 72.8 Å². The third-order valence-electron chi connectivity index (χ3n) is 4.81. The Balaban J connectivity index is 1.57. The lowest BCUT2D eigenvalue weighted by Crippen LogP contribution is -1.81. The molecule has 0 unspecified atom stereocenters. The molecule has 25 heavy (non-hydrogen) atoms. The lowest BCUT2D eigenvalue weighted by atomic mass is 10.1. The summed E-state index contributed by atoms with van der Waals surface area (Å²) in [6, 6.07) is 34.5. The number of rotatable bonds is 2. The molecule has 1 heteroatoms. The van der Waals surface area contributed by atoms with Crippen LogP contribution < -0.4 is 0 Å². The van der Waals surface area contributed by atoms with Gasteiger partial charge in [-0.15, -0.1) is 0 Å². The first-order chi connectivity index (χ1) is 12.4. The number of H-pyrrole nitrogens is 1. The fourth-order valence-corrected chi connectivity index (χ4v) is 3.45. The zero-order valence-electron chi connectivity index (χ0n) is 13.7. The minimum atomic E-state index is 1.15. The standard InChI is InChI=1S/C24H17N/c1-3-7-19-15-21(11-9-17(19)5-1)23-13-14-24(25-23)22-12-10-18-6-2-4-8-20(18)16-22/h1-16,25H. The van der Waals surface area contributed by atoms with Gasteiger partial charge in [-0.2, -0.15) is 0 Å². The molecule has 1 nitrogen and oxygen atoms in total. The van der Waals surface area contributed by atoms with Gasteiger partial charge in [0.05, 0.1) is 0 Å². The molecule has 0 amide bonds. The average molecular weight is 319 g/mol. The van der Waals surface area contributed by atoms with E-state index in [1.807, 2.05) is 0 Å². The van der Waals surface area contributed by atoms with Crippen molar-refractivity contribution in [1.82, 2.24) is 4.98 Å². The highest BCUT2D eigenvalue weighted by Gasteiger charge is 2.05. The zero-order valence-corrected chi connectivity index (χ0v) is 13.7. The van der Waals surface area contributed by atoms with Crippen molar-refractivity contribution in [3.05, 3.63) is 97.1 Å². The minimum Gasteiger partial charge on any atom is -0.355 e. The lowest BCUT2D eigenvalue weighted by molar-refractivity contribution is 1.40. The van der Waals surface area contributed by atoms with E-state index in [0.717, 1.165) is 11.4 Å². The van der Waals surface area contributed by atoms with Crippen LogP contribution in [0.5, 0.6) is 0 Å². The predicted molar refractivity (Wildman–Crippen MR) is 107 cm³/mol. The largest absolute Gasteiger partial charge is 0.355 e. The molecular weight excluding hydrogens is 302 g/mol. The van der Waals surface area contributed by atoms with Gasteiger partial charge in [-0.3, -0.25) is 0 Å². The summed E-state index contributed by atoms with van der Waals surface area (Å²) in [6.07, 6.45) is 0. The van der Waals surface area contributed by atoms with E-state index in [0.29, 0.717) is 0 Å². The van der Waals surface area contributed by atoms with Gasteiger partial charge in [0.2, 0.25) is 0 Å². The van der Waals surface area contributed by atoms with Crippen LogP contribution in [0.4, 0.5) is 0 Å². The smallest absolute Gasteiger partial charge is 0.0458 e. The lowest BCUT2D eigenvalue weighted by Gasteiger charge is -2.04. The molecule has 0 aliphatic carbocycles. The monoisotopic (exact) mass is 319 g/mol. The van der Waals surface area contributed by atoms with Gasteiger partial charge in [-0.05, 0) is 56.9 Å². The maximum atomic E-state index is 3.58. The summed E-state index contributed by atoms with van der Waals surface area (Å²) < 4.78 is 0. The SMILES string of the molecule is c1ccc2cc(-c3ccc(-c4ccc5ccccc5c4)[nH]3)ccc2c1. The maximum absolute atomic E-state index is 3.58. The van der Waals surface area contributed by atoms with Crippen LogP contribution in [0.2, 0.25) is 0 Å². The van der Waals surface area contributed by atoms with Crippen LogP contribution in [-0.2, 0) is 0 Å². The van der Waals surface area contributed by atoms with Gasteiger partial charge in [0.1, 0.15) is 0 Å². The summed E-state index contributed by atoms with van der Waals surface area (Å²) in [5.41, 5.74) is 4.72. The highest BCUT2D eigenvalue weighted by Crippen LogP contribution is 2.28. The number of aromatic amines is 1. The fourth-order valence-electron chi connectivity index (χ4n) is 3.45. The molecule has 0 atom stereocenters. The number of nitrogens with one attached hydrogen (secondary N) is 1.